The summed E-state index contributed by atoms with van der Waals surface area (Å²) in [4.78, 5) is 31.9. The van der Waals surface area contributed by atoms with Crippen LogP contribution in [0.4, 0.5) is 0 Å². The van der Waals surface area contributed by atoms with Gasteiger partial charge in [-0.3, -0.25) is 14.6 Å². The third kappa shape index (κ3) is 5.40. The van der Waals surface area contributed by atoms with E-state index in [1.165, 1.54) is 0 Å². The van der Waals surface area contributed by atoms with Crippen LogP contribution in [0.1, 0.15) is 16.7 Å². The summed E-state index contributed by atoms with van der Waals surface area (Å²) in [5.74, 6) is 0.527. The normalized spacial score (nSPS) is 16.1. The maximum atomic E-state index is 13.1. The molecule has 1 N–H and O–H groups in total. The largest absolute Gasteiger partial charge is 0.496 e. The number of methoxy groups -OCH3 is 1. The molecule has 0 bridgehead atoms. The monoisotopic (exact) mass is 443 g/mol. The highest BCUT2D eigenvalue weighted by molar-refractivity contribution is 5.83. The Balaban J connectivity index is 1.50. The zero-order chi connectivity index (χ0) is 23.2. The van der Waals surface area contributed by atoms with Gasteiger partial charge in [0.2, 0.25) is 11.8 Å². The number of ether oxygens (including phenoxy) is 1. The van der Waals surface area contributed by atoms with E-state index in [9.17, 15) is 9.59 Å². The third-order valence-corrected chi connectivity index (χ3v) is 6.13. The van der Waals surface area contributed by atoms with Crippen molar-refractivity contribution < 1.29 is 14.3 Å². The summed E-state index contributed by atoms with van der Waals surface area (Å²) < 4.78 is 5.32. The van der Waals surface area contributed by atoms with Crippen LogP contribution in [0.3, 0.4) is 0 Å². The second-order valence-corrected chi connectivity index (χ2v) is 8.41. The van der Waals surface area contributed by atoms with Gasteiger partial charge in [0.15, 0.2) is 0 Å². The predicted molar refractivity (Wildman–Crippen MR) is 128 cm³/mol. The average molecular weight is 444 g/mol. The molecule has 170 valence electrons. The molecular formula is C27H29N3O3. The Morgan fingerprint density at radius 3 is 2.70 bits per heavy atom. The molecule has 4 rings (SSSR count). The molecule has 0 saturated carbocycles. The summed E-state index contributed by atoms with van der Waals surface area (Å²) in [6.45, 7) is 3.36. The molecule has 0 aliphatic carbocycles. The number of hydrogen-bond donors (Lipinski definition) is 1. The number of amides is 2. The lowest BCUT2D eigenvalue weighted by atomic mass is 9.91. The molecule has 1 aliphatic heterocycles. The predicted octanol–water partition coefficient (Wildman–Crippen LogP) is 3.43. The molecule has 1 saturated heterocycles. The number of carbonyl (C=O) groups excluding carboxylic acids is 2. The van der Waals surface area contributed by atoms with Gasteiger partial charge in [-0.15, -0.1) is 0 Å². The summed E-state index contributed by atoms with van der Waals surface area (Å²) in [6.07, 6.45) is 4.41. The molecule has 0 unspecified atom stereocenters. The third-order valence-electron chi connectivity index (χ3n) is 6.13. The van der Waals surface area contributed by atoms with Gasteiger partial charge in [-0.25, -0.2) is 0 Å². The van der Waals surface area contributed by atoms with Gasteiger partial charge < -0.3 is 15.0 Å². The highest BCUT2D eigenvalue weighted by atomic mass is 16.5. The Morgan fingerprint density at radius 2 is 1.94 bits per heavy atom. The first kappa shape index (κ1) is 22.5. The van der Waals surface area contributed by atoms with Gasteiger partial charge in [0.25, 0.3) is 0 Å². The number of pyridine rings is 1. The van der Waals surface area contributed by atoms with E-state index in [4.69, 9.17) is 4.74 Å². The maximum Gasteiger partial charge on any atom is 0.227 e. The van der Waals surface area contributed by atoms with Crippen LogP contribution in [0.15, 0.2) is 67.0 Å². The SMILES string of the molecule is COc1ccc(CC(=O)N2CCNC(=O)[C@@H](Cc3ccccc3-c3ccncc3)C2)cc1C. The fourth-order valence-electron chi connectivity index (χ4n) is 4.40. The second kappa shape index (κ2) is 10.3. The van der Waals surface area contributed by atoms with Crippen molar-refractivity contribution >= 4 is 11.8 Å². The minimum Gasteiger partial charge on any atom is -0.496 e. The molecule has 1 aromatic heterocycles. The lowest BCUT2D eigenvalue weighted by Crippen LogP contribution is -2.38. The molecule has 1 aliphatic rings. The zero-order valence-electron chi connectivity index (χ0n) is 19.1. The highest BCUT2D eigenvalue weighted by Crippen LogP contribution is 2.26. The Morgan fingerprint density at radius 1 is 1.15 bits per heavy atom. The molecule has 1 atom stereocenters. The number of rotatable bonds is 6. The Labute approximate surface area is 194 Å². The second-order valence-electron chi connectivity index (χ2n) is 8.41. The molecule has 33 heavy (non-hydrogen) atoms. The van der Waals surface area contributed by atoms with Crippen molar-refractivity contribution in [1.82, 2.24) is 15.2 Å². The number of nitrogens with one attached hydrogen (secondary N) is 1. The van der Waals surface area contributed by atoms with E-state index in [1.54, 1.807) is 19.5 Å². The maximum absolute atomic E-state index is 13.1. The first-order valence-electron chi connectivity index (χ1n) is 11.2. The summed E-state index contributed by atoms with van der Waals surface area (Å²) in [5.41, 5.74) is 5.19. The molecule has 0 spiro atoms. The van der Waals surface area contributed by atoms with Crippen molar-refractivity contribution in [3.8, 4) is 16.9 Å². The Kier molecular flexibility index (Phi) is 7.03. The van der Waals surface area contributed by atoms with Crippen LogP contribution in [0, 0.1) is 12.8 Å². The quantitative estimate of drug-likeness (QED) is 0.634. The van der Waals surface area contributed by atoms with Crippen LogP contribution >= 0.6 is 0 Å². The number of carbonyl (C=O) groups is 2. The van der Waals surface area contributed by atoms with Crippen molar-refractivity contribution in [3.63, 3.8) is 0 Å². The average Bonchev–Trinajstić information content (AvgIpc) is 3.01. The van der Waals surface area contributed by atoms with Crippen molar-refractivity contribution in [2.24, 2.45) is 5.92 Å². The van der Waals surface area contributed by atoms with E-state index in [2.05, 4.69) is 22.4 Å². The first-order chi connectivity index (χ1) is 16.0. The smallest absolute Gasteiger partial charge is 0.227 e. The van der Waals surface area contributed by atoms with Gasteiger partial charge in [-0.05, 0) is 59.4 Å². The summed E-state index contributed by atoms with van der Waals surface area (Å²) in [6, 6.07) is 17.9. The van der Waals surface area contributed by atoms with E-state index < -0.39 is 0 Å². The summed E-state index contributed by atoms with van der Waals surface area (Å²) in [5, 5.41) is 2.99. The summed E-state index contributed by atoms with van der Waals surface area (Å²) in [7, 11) is 1.64. The van der Waals surface area contributed by atoms with Crippen LogP contribution in [0.5, 0.6) is 5.75 Å². The number of benzene rings is 2. The van der Waals surface area contributed by atoms with Crippen LogP contribution in [-0.2, 0) is 22.4 Å². The van der Waals surface area contributed by atoms with Crippen molar-refractivity contribution in [2.75, 3.05) is 26.7 Å². The van der Waals surface area contributed by atoms with Gasteiger partial charge in [0.05, 0.1) is 19.4 Å². The van der Waals surface area contributed by atoms with Gasteiger partial charge in [-0.1, -0.05) is 36.4 Å². The van der Waals surface area contributed by atoms with E-state index >= 15 is 0 Å². The van der Waals surface area contributed by atoms with Crippen LogP contribution < -0.4 is 10.1 Å². The Bertz CT molecular complexity index is 1130. The zero-order valence-corrected chi connectivity index (χ0v) is 19.1. The van der Waals surface area contributed by atoms with Crippen molar-refractivity contribution in [1.29, 1.82) is 0 Å². The lowest BCUT2D eigenvalue weighted by molar-refractivity contribution is -0.131. The number of hydrogen-bond acceptors (Lipinski definition) is 4. The molecule has 0 radical (unpaired) electrons. The van der Waals surface area contributed by atoms with Gasteiger partial charge in [0.1, 0.15) is 5.75 Å². The van der Waals surface area contributed by atoms with Crippen molar-refractivity contribution in [3.05, 3.63) is 83.7 Å². The van der Waals surface area contributed by atoms with Crippen molar-refractivity contribution in [2.45, 2.75) is 19.8 Å². The lowest BCUT2D eigenvalue weighted by Gasteiger charge is -2.24. The van der Waals surface area contributed by atoms with E-state index in [-0.39, 0.29) is 17.7 Å². The Hall–Kier alpha value is -3.67. The number of aryl methyl sites for hydroxylation is 1. The molecule has 2 aromatic carbocycles. The molecule has 3 aromatic rings. The minimum atomic E-state index is -0.308. The molecule has 1 fully saturated rings. The molecule has 6 nitrogen and oxygen atoms in total. The van der Waals surface area contributed by atoms with E-state index in [0.717, 1.165) is 33.6 Å². The minimum absolute atomic E-state index is 0.00452. The summed E-state index contributed by atoms with van der Waals surface area (Å²) >= 11 is 0. The number of aromatic nitrogens is 1. The standard InChI is InChI=1S/C27H29N3O3/c1-19-15-20(7-8-25(19)33-2)16-26(31)30-14-13-29-27(32)23(18-30)17-22-5-3-4-6-24(22)21-9-11-28-12-10-21/h3-12,15,23H,13-14,16-18H2,1-2H3,(H,29,32)/t23-/m0/s1. The van der Waals surface area contributed by atoms with Gasteiger partial charge >= 0.3 is 0 Å². The molecule has 2 amide bonds. The number of nitrogens with zero attached hydrogens (tertiary/aromatic N) is 2. The molecule has 6 heteroatoms. The fraction of sp³-hybridized carbons (Fsp3) is 0.296. The van der Waals surface area contributed by atoms with Crippen LogP contribution in [0.25, 0.3) is 11.1 Å². The molecular weight excluding hydrogens is 414 g/mol. The fourth-order valence-corrected chi connectivity index (χ4v) is 4.40. The van der Waals surface area contributed by atoms with Gasteiger partial charge in [-0.2, -0.15) is 0 Å². The first-order valence-corrected chi connectivity index (χ1v) is 11.2. The van der Waals surface area contributed by atoms with Crippen LogP contribution in [-0.4, -0.2) is 48.4 Å². The van der Waals surface area contributed by atoms with Crippen LogP contribution in [0.2, 0.25) is 0 Å². The van der Waals surface area contributed by atoms with E-state index in [0.29, 0.717) is 32.5 Å². The topological polar surface area (TPSA) is 71.5 Å². The highest BCUT2D eigenvalue weighted by Gasteiger charge is 2.28. The van der Waals surface area contributed by atoms with Gasteiger partial charge in [0, 0.05) is 32.0 Å². The van der Waals surface area contributed by atoms with E-state index in [1.807, 2.05) is 54.3 Å². The molecule has 2 heterocycles.